The maximum absolute atomic E-state index is 5.89. The summed E-state index contributed by atoms with van der Waals surface area (Å²) in [5, 5.41) is 0.570. The van der Waals surface area contributed by atoms with Crippen molar-refractivity contribution in [1.29, 1.82) is 0 Å². The van der Waals surface area contributed by atoms with Crippen LogP contribution in [-0.2, 0) is 6.54 Å². The average Bonchev–Trinajstić information content (AvgIpc) is 2.69. The van der Waals surface area contributed by atoms with Crippen molar-refractivity contribution in [2.75, 3.05) is 21.1 Å². The summed E-state index contributed by atoms with van der Waals surface area (Å²) in [4.78, 5) is 4.35. The summed E-state index contributed by atoms with van der Waals surface area (Å²) < 4.78 is 5.89. The van der Waals surface area contributed by atoms with Gasteiger partial charge in [-0.15, -0.1) is 12.4 Å². The second-order valence-electron chi connectivity index (χ2n) is 8.28. The molecule has 2 aromatic carbocycles. The zero-order chi connectivity index (χ0) is 20.1. The van der Waals surface area contributed by atoms with Crippen LogP contribution in [0.5, 0.6) is 5.75 Å². The first-order valence-corrected chi connectivity index (χ1v) is 10.6. The lowest BCUT2D eigenvalue weighted by atomic mass is 9.81. The molecule has 0 atom stereocenters. The van der Waals surface area contributed by atoms with E-state index >= 15 is 0 Å². The van der Waals surface area contributed by atoms with Gasteiger partial charge in [0, 0.05) is 19.6 Å². The highest BCUT2D eigenvalue weighted by molar-refractivity contribution is 7.80. The number of hydrogen-bond acceptors (Lipinski definition) is 3. The van der Waals surface area contributed by atoms with Crippen LogP contribution < -0.4 is 4.74 Å². The number of hydrogen-bond donors (Lipinski definition) is 0. The summed E-state index contributed by atoms with van der Waals surface area (Å²) in [6.45, 7) is 3.07. The van der Waals surface area contributed by atoms with E-state index in [-0.39, 0.29) is 12.4 Å². The summed E-state index contributed by atoms with van der Waals surface area (Å²) >= 11 is 5.54. The molecule has 0 N–H and O–H groups in total. The number of aryl methyl sites for hydroxylation is 1. The molecule has 0 amide bonds. The van der Waals surface area contributed by atoms with E-state index in [0.717, 1.165) is 25.1 Å². The standard InChI is InChI=1S/C24H32N2OS.ClH/c1-18-5-15-23(16-6-18)27-24(28)26(4)22-13-11-21(12-14-22)20-9-7-19(8-10-20)17-25(2)3;/h5-10,15-16,21-22H,11-14,17H2,1-4H3;1H/t21-,22-;. The fraction of sp³-hybridized carbons (Fsp3) is 0.458. The summed E-state index contributed by atoms with van der Waals surface area (Å²) in [7, 11) is 6.29. The van der Waals surface area contributed by atoms with Gasteiger partial charge in [0.25, 0.3) is 5.17 Å². The van der Waals surface area contributed by atoms with Gasteiger partial charge in [-0.05, 0) is 88.1 Å². The topological polar surface area (TPSA) is 15.7 Å². The predicted octanol–water partition coefficient (Wildman–Crippen LogP) is 5.80. The van der Waals surface area contributed by atoms with E-state index in [2.05, 4.69) is 62.1 Å². The highest BCUT2D eigenvalue weighted by Crippen LogP contribution is 2.35. The molecule has 3 nitrogen and oxygen atoms in total. The van der Waals surface area contributed by atoms with E-state index in [1.54, 1.807) is 0 Å². The molecule has 0 radical (unpaired) electrons. The Bertz CT molecular complexity index is 768. The minimum absolute atomic E-state index is 0. The van der Waals surface area contributed by atoms with Crippen LogP contribution in [0.1, 0.15) is 48.3 Å². The van der Waals surface area contributed by atoms with Crippen LogP contribution >= 0.6 is 24.6 Å². The summed E-state index contributed by atoms with van der Waals surface area (Å²) in [5.41, 5.74) is 4.07. The highest BCUT2D eigenvalue weighted by Gasteiger charge is 2.26. The molecule has 2 aromatic rings. The largest absolute Gasteiger partial charge is 0.432 e. The number of rotatable bonds is 5. The van der Waals surface area contributed by atoms with Crippen LogP contribution in [-0.4, -0.2) is 42.2 Å². The zero-order valence-electron chi connectivity index (χ0n) is 17.9. The monoisotopic (exact) mass is 432 g/mol. The Morgan fingerprint density at radius 3 is 2.07 bits per heavy atom. The third-order valence-electron chi connectivity index (χ3n) is 5.71. The minimum atomic E-state index is 0. The van der Waals surface area contributed by atoms with Gasteiger partial charge in [0.2, 0.25) is 0 Å². The molecule has 0 aliphatic heterocycles. The molecule has 0 saturated heterocycles. The van der Waals surface area contributed by atoms with Gasteiger partial charge in [-0.2, -0.15) is 0 Å². The molecule has 29 heavy (non-hydrogen) atoms. The Hall–Kier alpha value is -1.62. The number of nitrogens with zero attached hydrogens (tertiary/aromatic N) is 2. The van der Waals surface area contributed by atoms with Gasteiger partial charge >= 0.3 is 0 Å². The number of benzene rings is 2. The van der Waals surface area contributed by atoms with Crippen molar-refractivity contribution in [1.82, 2.24) is 9.80 Å². The van der Waals surface area contributed by atoms with Crippen LogP contribution in [0.2, 0.25) is 0 Å². The quantitative estimate of drug-likeness (QED) is 0.554. The van der Waals surface area contributed by atoms with Gasteiger partial charge in [0.1, 0.15) is 5.75 Å². The third kappa shape index (κ3) is 6.70. The fourth-order valence-corrected chi connectivity index (χ4v) is 4.23. The molecule has 0 heterocycles. The minimum Gasteiger partial charge on any atom is -0.432 e. The number of halogens is 1. The molecule has 3 rings (SSSR count). The van der Waals surface area contributed by atoms with Gasteiger partial charge < -0.3 is 14.5 Å². The predicted molar refractivity (Wildman–Crippen MR) is 128 cm³/mol. The Balaban J connectivity index is 0.00000300. The normalized spacial score (nSPS) is 18.8. The molecule has 0 bridgehead atoms. The van der Waals surface area contributed by atoms with Gasteiger partial charge in [0.15, 0.2) is 0 Å². The summed E-state index contributed by atoms with van der Waals surface area (Å²) in [6.07, 6.45) is 4.71. The van der Waals surface area contributed by atoms with Crippen molar-refractivity contribution < 1.29 is 4.74 Å². The maximum Gasteiger partial charge on any atom is 0.264 e. The molecular weight excluding hydrogens is 400 g/mol. The molecule has 0 spiro atoms. The number of ether oxygens (including phenoxy) is 1. The van der Waals surface area contributed by atoms with Crippen molar-refractivity contribution in [2.24, 2.45) is 0 Å². The molecule has 0 unspecified atom stereocenters. The average molecular weight is 433 g/mol. The molecule has 1 fully saturated rings. The highest BCUT2D eigenvalue weighted by atomic mass is 35.5. The first-order chi connectivity index (χ1) is 13.4. The summed E-state index contributed by atoms with van der Waals surface area (Å²) in [5.74, 6) is 1.47. The number of thiocarbonyl (C=S) groups is 1. The van der Waals surface area contributed by atoms with E-state index in [1.807, 2.05) is 24.3 Å². The van der Waals surface area contributed by atoms with Crippen LogP contribution in [0.25, 0.3) is 0 Å². The second-order valence-corrected chi connectivity index (χ2v) is 8.63. The Morgan fingerprint density at radius 1 is 0.931 bits per heavy atom. The smallest absolute Gasteiger partial charge is 0.264 e. The third-order valence-corrected chi connectivity index (χ3v) is 6.08. The van der Waals surface area contributed by atoms with Crippen LogP contribution in [0, 0.1) is 6.92 Å². The molecular formula is C24H33ClN2OS. The van der Waals surface area contributed by atoms with Crippen LogP contribution in [0.3, 0.4) is 0 Å². The van der Waals surface area contributed by atoms with Crippen molar-refractivity contribution >= 4 is 29.8 Å². The molecule has 5 heteroatoms. The first kappa shape index (κ1) is 23.7. The van der Waals surface area contributed by atoms with Gasteiger partial charge in [0.05, 0.1) is 0 Å². The molecule has 0 aromatic heterocycles. The van der Waals surface area contributed by atoms with Crippen molar-refractivity contribution in [3.63, 3.8) is 0 Å². The SMILES string of the molecule is Cc1ccc(OC(=S)N(C)[C@H]2CC[C@H](c3ccc(CN(C)C)cc3)CC2)cc1.Cl. The van der Waals surface area contributed by atoms with E-state index in [4.69, 9.17) is 17.0 Å². The lowest BCUT2D eigenvalue weighted by Gasteiger charge is -2.35. The molecule has 1 aliphatic carbocycles. The Labute approximate surface area is 187 Å². The van der Waals surface area contributed by atoms with E-state index in [0.29, 0.717) is 17.1 Å². The van der Waals surface area contributed by atoms with Crippen molar-refractivity contribution in [3.8, 4) is 5.75 Å². The molecule has 1 aliphatic rings. The first-order valence-electron chi connectivity index (χ1n) is 10.2. The van der Waals surface area contributed by atoms with Crippen molar-refractivity contribution in [3.05, 3.63) is 65.2 Å². The maximum atomic E-state index is 5.89. The molecule has 158 valence electrons. The molecule has 1 saturated carbocycles. The van der Waals surface area contributed by atoms with Crippen LogP contribution in [0.15, 0.2) is 48.5 Å². The zero-order valence-corrected chi connectivity index (χ0v) is 19.6. The summed E-state index contributed by atoms with van der Waals surface area (Å²) in [6, 6.07) is 17.7. The van der Waals surface area contributed by atoms with Gasteiger partial charge in [-0.3, -0.25) is 0 Å². The van der Waals surface area contributed by atoms with Crippen LogP contribution in [0.4, 0.5) is 0 Å². The fourth-order valence-electron chi connectivity index (χ4n) is 3.99. The second kappa shape index (κ2) is 11.0. The Kier molecular flexibility index (Phi) is 8.94. The lowest BCUT2D eigenvalue weighted by Crippen LogP contribution is -2.40. The van der Waals surface area contributed by atoms with E-state index in [1.165, 1.54) is 29.5 Å². The Morgan fingerprint density at radius 2 is 1.52 bits per heavy atom. The lowest BCUT2D eigenvalue weighted by molar-refractivity contribution is 0.239. The van der Waals surface area contributed by atoms with E-state index < -0.39 is 0 Å². The van der Waals surface area contributed by atoms with Gasteiger partial charge in [-0.1, -0.05) is 42.0 Å². The van der Waals surface area contributed by atoms with E-state index in [9.17, 15) is 0 Å². The van der Waals surface area contributed by atoms with Gasteiger partial charge in [-0.25, -0.2) is 0 Å². The van der Waals surface area contributed by atoms with Crippen molar-refractivity contribution in [2.45, 2.75) is 51.1 Å².